The van der Waals surface area contributed by atoms with E-state index in [1.807, 2.05) is 74.6 Å². The predicted octanol–water partition coefficient (Wildman–Crippen LogP) is 3.62. The van der Waals surface area contributed by atoms with Gasteiger partial charge in [-0.25, -0.2) is 4.98 Å². The number of carbonyl (C=O) groups is 1. The monoisotopic (exact) mass is 362 g/mol. The molecule has 0 radical (unpaired) electrons. The van der Waals surface area contributed by atoms with E-state index in [9.17, 15) is 4.79 Å². The van der Waals surface area contributed by atoms with Gasteiger partial charge in [0.25, 0.3) is 0 Å². The molecule has 27 heavy (non-hydrogen) atoms. The van der Waals surface area contributed by atoms with Crippen LogP contribution >= 0.6 is 0 Å². The average Bonchev–Trinajstić information content (AvgIpc) is 3.06. The standard InChI is InChI=1S/C22H26N4O/c1-17-8-7-11-20(18(17)2)24-22(27)16-25(3)15-21-23-12-13-26(21)14-19-9-5-4-6-10-19/h4-13H,14-16H2,1-3H3,(H,24,27). The fraction of sp³-hybridized carbons (Fsp3) is 0.273. The highest BCUT2D eigenvalue weighted by atomic mass is 16.2. The van der Waals surface area contributed by atoms with Crippen molar-refractivity contribution in [3.63, 3.8) is 0 Å². The molecule has 1 N–H and O–H groups in total. The number of nitrogens with zero attached hydrogens (tertiary/aromatic N) is 3. The molecule has 1 aromatic heterocycles. The molecule has 140 valence electrons. The molecule has 0 aliphatic heterocycles. The Hall–Kier alpha value is -2.92. The van der Waals surface area contributed by atoms with Gasteiger partial charge in [0.05, 0.1) is 13.1 Å². The molecular formula is C22H26N4O. The molecule has 5 nitrogen and oxygen atoms in total. The zero-order valence-electron chi connectivity index (χ0n) is 16.1. The third-order valence-electron chi connectivity index (χ3n) is 4.70. The molecule has 1 heterocycles. The molecule has 0 bridgehead atoms. The van der Waals surface area contributed by atoms with E-state index in [1.54, 1.807) is 0 Å². The summed E-state index contributed by atoms with van der Waals surface area (Å²) in [7, 11) is 1.93. The maximum Gasteiger partial charge on any atom is 0.238 e. The first-order valence-corrected chi connectivity index (χ1v) is 9.11. The number of anilines is 1. The summed E-state index contributed by atoms with van der Waals surface area (Å²) in [5.41, 5.74) is 4.38. The number of benzene rings is 2. The van der Waals surface area contributed by atoms with Gasteiger partial charge in [-0.05, 0) is 43.7 Å². The van der Waals surface area contributed by atoms with E-state index in [0.29, 0.717) is 13.1 Å². The molecule has 3 rings (SSSR count). The summed E-state index contributed by atoms with van der Waals surface area (Å²) >= 11 is 0. The molecule has 2 aromatic carbocycles. The molecule has 1 amide bonds. The Morgan fingerprint density at radius 2 is 1.89 bits per heavy atom. The third-order valence-corrected chi connectivity index (χ3v) is 4.70. The second-order valence-electron chi connectivity index (χ2n) is 6.92. The summed E-state index contributed by atoms with van der Waals surface area (Å²) < 4.78 is 2.12. The number of rotatable bonds is 7. The van der Waals surface area contributed by atoms with Crippen LogP contribution in [0.3, 0.4) is 0 Å². The van der Waals surface area contributed by atoms with Crippen LogP contribution in [0, 0.1) is 13.8 Å². The van der Waals surface area contributed by atoms with E-state index in [4.69, 9.17) is 0 Å². The zero-order valence-corrected chi connectivity index (χ0v) is 16.1. The molecule has 0 atom stereocenters. The Morgan fingerprint density at radius 1 is 1.11 bits per heavy atom. The number of hydrogen-bond acceptors (Lipinski definition) is 3. The van der Waals surface area contributed by atoms with Gasteiger partial charge >= 0.3 is 0 Å². The van der Waals surface area contributed by atoms with Crippen molar-refractivity contribution in [3.05, 3.63) is 83.4 Å². The average molecular weight is 362 g/mol. The van der Waals surface area contributed by atoms with E-state index < -0.39 is 0 Å². The smallest absolute Gasteiger partial charge is 0.238 e. The fourth-order valence-electron chi connectivity index (χ4n) is 3.03. The Bertz CT molecular complexity index is 902. The molecule has 0 aliphatic carbocycles. The largest absolute Gasteiger partial charge is 0.329 e. The molecule has 0 aliphatic rings. The van der Waals surface area contributed by atoms with Gasteiger partial charge in [-0.3, -0.25) is 9.69 Å². The summed E-state index contributed by atoms with van der Waals surface area (Å²) in [5, 5.41) is 3.01. The first kappa shape index (κ1) is 18.9. The number of nitrogens with one attached hydrogen (secondary N) is 1. The Kier molecular flexibility index (Phi) is 6.04. The van der Waals surface area contributed by atoms with Crippen molar-refractivity contribution in [2.75, 3.05) is 18.9 Å². The lowest BCUT2D eigenvalue weighted by atomic mass is 10.1. The number of amides is 1. The normalized spacial score (nSPS) is 11.0. The summed E-state index contributed by atoms with van der Waals surface area (Å²) in [4.78, 5) is 18.8. The van der Waals surface area contributed by atoms with E-state index in [1.165, 1.54) is 11.1 Å². The Morgan fingerprint density at radius 3 is 2.67 bits per heavy atom. The lowest BCUT2D eigenvalue weighted by Crippen LogP contribution is -2.31. The van der Waals surface area contributed by atoms with Crippen LogP contribution < -0.4 is 5.32 Å². The first-order chi connectivity index (χ1) is 13.0. The van der Waals surface area contributed by atoms with Crippen LogP contribution in [0.15, 0.2) is 60.9 Å². The van der Waals surface area contributed by atoms with Crippen LogP contribution in [0.4, 0.5) is 5.69 Å². The van der Waals surface area contributed by atoms with Crippen molar-refractivity contribution in [2.24, 2.45) is 0 Å². The minimum Gasteiger partial charge on any atom is -0.329 e. The van der Waals surface area contributed by atoms with Crippen LogP contribution in [-0.2, 0) is 17.9 Å². The minimum atomic E-state index is -0.0210. The maximum absolute atomic E-state index is 12.4. The molecular weight excluding hydrogens is 336 g/mol. The van der Waals surface area contributed by atoms with Gasteiger partial charge in [-0.1, -0.05) is 42.5 Å². The minimum absolute atomic E-state index is 0.0210. The first-order valence-electron chi connectivity index (χ1n) is 9.11. The van der Waals surface area contributed by atoms with Gasteiger partial charge in [0.1, 0.15) is 5.82 Å². The fourth-order valence-corrected chi connectivity index (χ4v) is 3.03. The number of imidazole rings is 1. The van der Waals surface area contributed by atoms with Gasteiger partial charge in [0.15, 0.2) is 0 Å². The van der Waals surface area contributed by atoms with Gasteiger partial charge in [-0.2, -0.15) is 0 Å². The molecule has 0 spiro atoms. The van der Waals surface area contributed by atoms with Crippen molar-refractivity contribution < 1.29 is 4.79 Å². The van der Waals surface area contributed by atoms with Crippen molar-refractivity contribution in [1.29, 1.82) is 0 Å². The predicted molar refractivity (Wildman–Crippen MR) is 109 cm³/mol. The van der Waals surface area contributed by atoms with E-state index in [2.05, 4.69) is 27.0 Å². The van der Waals surface area contributed by atoms with Gasteiger partial charge in [0, 0.05) is 24.6 Å². The van der Waals surface area contributed by atoms with Crippen molar-refractivity contribution in [1.82, 2.24) is 14.5 Å². The molecule has 0 unspecified atom stereocenters. The second kappa shape index (κ2) is 8.64. The number of hydrogen-bond donors (Lipinski definition) is 1. The molecule has 0 saturated heterocycles. The van der Waals surface area contributed by atoms with Crippen LogP contribution in [0.2, 0.25) is 0 Å². The quantitative estimate of drug-likeness (QED) is 0.698. The summed E-state index contributed by atoms with van der Waals surface area (Å²) in [6.07, 6.45) is 3.79. The molecule has 5 heteroatoms. The van der Waals surface area contributed by atoms with Crippen molar-refractivity contribution in [2.45, 2.75) is 26.9 Å². The third kappa shape index (κ3) is 5.05. The molecule has 0 fully saturated rings. The SMILES string of the molecule is Cc1cccc(NC(=O)CN(C)Cc2nccn2Cc2ccccc2)c1C. The number of carbonyl (C=O) groups excluding carboxylic acids is 1. The maximum atomic E-state index is 12.4. The van der Waals surface area contributed by atoms with Crippen LogP contribution in [-0.4, -0.2) is 34.0 Å². The van der Waals surface area contributed by atoms with Crippen LogP contribution in [0.5, 0.6) is 0 Å². The summed E-state index contributed by atoms with van der Waals surface area (Å²) in [6, 6.07) is 16.2. The summed E-state index contributed by atoms with van der Waals surface area (Å²) in [6.45, 7) is 5.77. The second-order valence-corrected chi connectivity index (χ2v) is 6.92. The Labute approximate surface area is 160 Å². The topological polar surface area (TPSA) is 50.2 Å². The highest BCUT2D eigenvalue weighted by Gasteiger charge is 2.12. The lowest BCUT2D eigenvalue weighted by molar-refractivity contribution is -0.117. The highest BCUT2D eigenvalue weighted by molar-refractivity contribution is 5.93. The number of aryl methyl sites for hydroxylation is 1. The number of likely N-dealkylation sites (N-methyl/N-ethyl adjacent to an activating group) is 1. The summed E-state index contributed by atoms with van der Waals surface area (Å²) in [5.74, 6) is 0.924. The van der Waals surface area contributed by atoms with Crippen LogP contribution in [0.1, 0.15) is 22.5 Å². The van der Waals surface area contributed by atoms with E-state index in [-0.39, 0.29) is 5.91 Å². The highest BCUT2D eigenvalue weighted by Crippen LogP contribution is 2.17. The van der Waals surface area contributed by atoms with E-state index in [0.717, 1.165) is 23.6 Å². The lowest BCUT2D eigenvalue weighted by Gasteiger charge is -2.18. The van der Waals surface area contributed by atoms with Gasteiger partial charge in [-0.15, -0.1) is 0 Å². The Balaban J connectivity index is 1.58. The number of aromatic nitrogens is 2. The zero-order chi connectivity index (χ0) is 19.2. The van der Waals surface area contributed by atoms with Gasteiger partial charge < -0.3 is 9.88 Å². The van der Waals surface area contributed by atoms with Gasteiger partial charge in [0.2, 0.25) is 5.91 Å². The molecule has 3 aromatic rings. The van der Waals surface area contributed by atoms with Crippen LogP contribution in [0.25, 0.3) is 0 Å². The van der Waals surface area contributed by atoms with E-state index >= 15 is 0 Å². The van der Waals surface area contributed by atoms with Crippen molar-refractivity contribution >= 4 is 11.6 Å². The molecule has 0 saturated carbocycles. The van der Waals surface area contributed by atoms with Crippen molar-refractivity contribution in [3.8, 4) is 0 Å².